The molecular formula is C37H25N3S. The summed E-state index contributed by atoms with van der Waals surface area (Å²) < 4.78 is 3.42. The summed E-state index contributed by atoms with van der Waals surface area (Å²) in [6, 6.07) is 43.9. The van der Waals surface area contributed by atoms with E-state index in [2.05, 4.69) is 127 Å². The Morgan fingerprint density at radius 3 is 2.32 bits per heavy atom. The van der Waals surface area contributed by atoms with Crippen LogP contribution in [0.25, 0.3) is 37.9 Å². The molecule has 1 atom stereocenters. The molecule has 41 heavy (non-hydrogen) atoms. The lowest BCUT2D eigenvalue weighted by molar-refractivity contribution is 0.768. The second-order valence-electron chi connectivity index (χ2n) is 10.5. The van der Waals surface area contributed by atoms with Gasteiger partial charge < -0.3 is 0 Å². The first-order chi connectivity index (χ1) is 20.3. The quantitative estimate of drug-likeness (QED) is 0.222. The Bertz CT molecular complexity index is 2150. The van der Waals surface area contributed by atoms with Gasteiger partial charge in [-0.1, -0.05) is 91.9 Å². The average Bonchev–Trinajstić information content (AvgIpc) is 3.72. The molecule has 4 heteroatoms. The molecule has 2 aromatic heterocycles. The maximum Gasteiger partial charge on any atom is 0.114 e. The molecule has 3 nitrogen and oxygen atoms in total. The number of hydrogen-bond donors (Lipinski definition) is 0. The second-order valence-corrected chi connectivity index (χ2v) is 11.4. The molecule has 0 radical (unpaired) electrons. The summed E-state index contributed by atoms with van der Waals surface area (Å²) >= 11 is 1.64. The van der Waals surface area contributed by atoms with Gasteiger partial charge in [-0.2, -0.15) is 5.26 Å². The fraction of sp³-hybridized carbons (Fsp3) is 0.0811. The Kier molecular flexibility index (Phi) is 5.25. The lowest BCUT2D eigenvalue weighted by Crippen LogP contribution is -2.28. The number of aryl methyl sites for hydroxylation is 1. The van der Waals surface area contributed by atoms with Crippen LogP contribution in [0, 0.1) is 11.3 Å². The maximum atomic E-state index is 10.1. The standard InChI is InChI=1S/C37H25N3S/c1-2-34-39-31-14-8-9-15-32(31)40(34)27-18-16-26(17-19-27)37(25-10-4-3-5-11-25)29-13-7-6-12-28(29)36-30(37)20-21-33-35(36)24(22-38)23-41-33/h3-21,23H,2H2,1H3. The predicted octanol–water partition coefficient (Wildman–Crippen LogP) is 9.04. The van der Waals surface area contributed by atoms with Crippen molar-refractivity contribution in [2.75, 3.05) is 0 Å². The lowest BCUT2D eigenvalue weighted by atomic mass is 9.67. The van der Waals surface area contributed by atoms with E-state index in [9.17, 15) is 5.26 Å². The van der Waals surface area contributed by atoms with Crippen molar-refractivity contribution >= 4 is 32.5 Å². The van der Waals surface area contributed by atoms with Crippen LogP contribution >= 0.6 is 11.3 Å². The molecule has 0 spiro atoms. The largest absolute Gasteiger partial charge is 0.296 e. The minimum absolute atomic E-state index is 0.515. The van der Waals surface area contributed by atoms with E-state index < -0.39 is 5.41 Å². The van der Waals surface area contributed by atoms with E-state index in [1.807, 2.05) is 11.4 Å². The molecule has 0 saturated carbocycles. The minimum atomic E-state index is -0.515. The normalized spacial score (nSPS) is 15.6. The monoisotopic (exact) mass is 543 g/mol. The smallest absolute Gasteiger partial charge is 0.114 e. The first-order valence-electron chi connectivity index (χ1n) is 13.9. The molecule has 0 aliphatic heterocycles. The van der Waals surface area contributed by atoms with Crippen molar-refractivity contribution < 1.29 is 0 Å². The van der Waals surface area contributed by atoms with Gasteiger partial charge in [-0.05, 0) is 63.7 Å². The van der Waals surface area contributed by atoms with E-state index in [4.69, 9.17) is 4.98 Å². The molecule has 194 valence electrons. The number of thiophene rings is 1. The summed E-state index contributed by atoms with van der Waals surface area (Å²) in [5, 5.41) is 13.1. The van der Waals surface area contributed by atoms with Gasteiger partial charge in [0.15, 0.2) is 0 Å². The van der Waals surface area contributed by atoms with E-state index in [0.717, 1.165) is 44.6 Å². The maximum absolute atomic E-state index is 10.1. The van der Waals surface area contributed by atoms with Crippen LogP contribution in [0.3, 0.4) is 0 Å². The summed E-state index contributed by atoms with van der Waals surface area (Å²) in [4.78, 5) is 4.91. The first-order valence-corrected chi connectivity index (χ1v) is 14.8. The second kappa shape index (κ2) is 9.02. The van der Waals surface area contributed by atoms with Gasteiger partial charge >= 0.3 is 0 Å². The van der Waals surface area contributed by atoms with Crippen molar-refractivity contribution in [2.45, 2.75) is 18.8 Å². The van der Waals surface area contributed by atoms with Gasteiger partial charge in [0.25, 0.3) is 0 Å². The molecule has 1 aliphatic rings. The van der Waals surface area contributed by atoms with Gasteiger partial charge in [0, 0.05) is 27.6 Å². The Balaban J connectivity index is 1.44. The number of nitrogens with zero attached hydrogens (tertiary/aromatic N) is 3. The van der Waals surface area contributed by atoms with Gasteiger partial charge in [0.05, 0.1) is 22.0 Å². The zero-order valence-electron chi connectivity index (χ0n) is 22.5. The van der Waals surface area contributed by atoms with Crippen LogP contribution in [-0.4, -0.2) is 9.55 Å². The molecule has 0 amide bonds. The molecule has 2 heterocycles. The number of nitriles is 1. The van der Waals surface area contributed by atoms with Crippen molar-refractivity contribution in [3.8, 4) is 22.9 Å². The fourth-order valence-corrected chi connectivity index (χ4v) is 7.81. The third kappa shape index (κ3) is 3.21. The number of hydrogen-bond acceptors (Lipinski definition) is 3. The van der Waals surface area contributed by atoms with Crippen LogP contribution in [0.5, 0.6) is 0 Å². The summed E-state index contributed by atoms with van der Waals surface area (Å²) in [7, 11) is 0. The zero-order chi connectivity index (χ0) is 27.6. The van der Waals surface area contributed by atoms with Crippen LogP contribution in [0.15, 0.2) is 121 Å². The molecule has 8 rings (SSSR count). The summed E-state index contributed by atoms with van der Waals surface area (Å²) in [6.07, 6.45) is 0.850. The highest BCUT2D eigenvalue weighted by molar-refractivity contribution is 7.17. The van der Waals surface area contributed by atoms with Crippen LogP contribution in [0.2, 0.25) is 0 Å². The van der Waals surface area contributed by atoms with Crippen LogP contribution < -0.4 is 0 Å². The number of benzene rings is 5. The number of rotatable bonds is 4. The van der Waals surface area contributed by atoms with Crippen LogP contribution in [0.4, 0.5) is 0 Å². The highest BCUT2D eigenvalue weighted by Gasteiger charge is 2.46. The van der Waals surface area contributed by atoms with Crippen molar-refractivity contribution in [3.05, 3.63) is 154 Å². The molecule has 1 unspecified atom stereocenters. The zero-order valence-corrected chi connectivity index (χ0v) is 23.3. The number of imidazole rings is 1. The molecule has 1 aliphatic carbocycles. The Morgan fingerprint density at radius 2 is 1.51 bits per heavy atom. The van der Waals surface area contributed by atoms with E-state index in [-0.39, 0.29) is 0 Å². The summed E-state index contributed by atoms with van der Waals surface area (Å²) in [6.45, 7) is 2.16. The number of fused-ring (bicyclic) bond motifs is 6. The molecule has 7 aromatic rings. The highest BCUT2D eigenvalue weighted by atomic mass is 32.1. The molecule has 5 aromatic carbocycles. The predicted molar refractivity (Wildman–Crippen MR) is 168 cm³/mol. The van der Waals surface area contributed by atoms with Gasteiger partial charge in [-0.3, -0.25) is 4.57 Å². The topological polar surface area (TPSA) is 41.6 Å². The van der Waals surface area contributed by atoms with Crippen molar-refractivity contribution in [1.82, 2.24) is 9.55 Å². The molecule has 0 saturated heterocycles. The third-order valence-corrected chi connectivity index (χ3v) is 9.52. The van der Waals surface area contributed by atoms with Crippen LogP contribution in [0.1, 0.15) is 40.6 Å². The Labute approximate surface area is 242 Å². The molecular weight excluding hydrogens is 518 g/mol. The van der Waals surface area contributed by atoms with Crippen molar-refractivity contribution in [2.24, 2.45) is 0 Å². The minimum Gasteiger partial charge on any atom is -0.296 e. The van der Waals surface area contributed by atoms with E-state index in [1.54, 1.807) is 11.3 Å². The van der Waals surface area contributed by atoms with E-state index in [1.165, 1.54) is 33.4 Å². The summed E-state index contributed by atoms with van der Waals surface area (Å²) in [5.74, 6) is 1.05. The number of aromatic nitrogens is 2. The first kappa shape index (κ1) is 23.9. The summed E-state index contributed by atoms with van der Waals surface area (Å²) in [5.41, 5.74) is 10.7. The van der Waals surface area contributed by atoms with Crippen LogP contribution in [-0.2, 0) is 11.8 Å². The van der Waals surface area contributed by atoms with Gasteiger partial charge in [-0.15, -0.1) is 11.3 Å². The van der Waals surface area contributed by atoms with Crippen molar-refractivity contribution in [1.29, 1.82) is 5.26 Å². The number of para-hydroxylation sites is 2. The third-order valence-electron chi connectivity index (χ3n) is 8.58. The molecule has 0 N–H and O–H groups in total. The van der Waals surface area contributed by atoms with Crippen molar-refractivity contribution in [3.63, 3.8) is 0 Å². The molecule has 0 fully saturated rings. The lowest BCUT2D eigenvalue weighted by Gasteiger charge is -2.34. The SMILES string of the molecule is CCc1nc2ccccc2n1-c1ccc(C2(c3ccccc3)c3ccccc3-c3c2ccc2scc(C#N)c32)cc1. The molecule has 0 bridgehead atoms. The average molecular weight is 544 g/mol. The fourth-order valence-electron chi connectivity index (χ4n) is 6.92. The van der Waals surface area contributed by atoms with Gasteiger partial charge in [-0.25, -0.2) is 4.98 Å². The van der Waals surface area contributed by atoms with Gasteiger partial charge in [0.2, 0.25) is 0 Å². The highest BCUT2D eigenvalue weighted by Crippen LogP contribution is 2.58. The van der Waals surface area contributed by atoms with Gasteiger partial charge in [0.1, 0.15) is 11.9 Å². The Morgan fingerprint density at radius 1 is 0.780 bits per heavy atom. The van der Waals surface area contributed by atoms with E-state index in [0.29, 0.717) is 0 Å². The van der Waals surface area contributed by atoms with E-state index >= 15 is 0 Å². The Hall–Kier alpha value is -4.98.